The van der Waals surface area contributed by atoms with E-state index in [2.05, 4.69) is 15.5 Å². The molecule has 0 aliphatic rings. The first-order chi connectivity index (χ1) is 10.7. The molecule has 0 bridgehead atoms. The van der Waals surface area contributed by atoms with E-state index in [4.69, 9.17) is 5.26 Å². The van der Waals surface area contributed by atoms with E-state index < -0.39 is 0 Å². The number of hydrogen-bond donors (Lipinski definition) is 1. The predicted molar refractivity (Wildman–Crippen MR) is 77.7 cm³/mol. The standard InChI is InChI=1S/C15H10FN5O/c16-10-1-4-12(5-2-10)21-19-13-6-3-11(9-14(13)20-21)18-15(22)7-8-17/h1-6,9H,7H2,(H,18,22). The van der Waals surface area contributed by atoms with Gasteiger partial charge in [-0.05, 0) is 42.5 Å². The highest BCUT2D eigenvalue weighted by atomic mass is 19.1. The summed E-state index contributed by atoms with van der Waals surface area (Å²) in [4.78, 5) is 12.8. The molecule has 1 aromatic heterocycles. The van der Waals surface area contributed by atoms with Crippen LogP contribution in [0.4, 0.5) is 10.1 Å². The van der Waals surface area contributed by atoms with Gasteiger partial charge >= 0.3 is 0 Å². The first kappa shape index (κ1) is 13.7. The highest BCUT2D eigenvalue weighted by Crippen LogP contribution is 2.17. The molecule has 0 radical (unpaired) electrons. The van der Waals surface area contributed by atoms with Gasteiger partial charge in [-0.3, -0.25) is 4.79 Å². The molecule has 22 heavy (non-hydrogen) atoms. The van der Waals surface area contributed by atoms with E-state index in [0.29, 0.717) is 22.4 Å². The summed E-state index contributed by atoms with van der Waals surface area (Å²) < 4.78 is 12.9. The Kier molecular flexibility index (Phi) is 3.50. The van der Waals surface area contributed by atoms with Crippen LogP contribution < -0.4 is 5.32 Å². The normalized spacial score (nSPS) is 10.4. The third kappa shape index (κ3) is 2.76. The van der Waals surface area contributed by atoms with Crippen molar-refractivity contribution in [3.63, 3.8) is 0 Å². The number of carbonyl (C=O) groups is 1. The molecule has 3 aromatic rings. The Labute approximate surface area is 124 Å². The number of carbonyl (C=O) groups excluding carboxylic acids is 1. The van der Waals surface area contributed by atoms with Crippen LogP contribution in [0.2, 0.25) is 0 Å². The second-order valence-corrected chi connectivity index (χ2v) is 4.55. The summed E-state index contributed by atoms with van der Waals surface area (Å²) in [5.74, 6) is -0.712. The van der Waals surface area contributed by atoms with Crippen molar-refractivity contribution in [2.24, 2.45) is 0 Å². The second kappa shape index (κ2) is 5.61. The fourth-order valence-corrected chi connectivity index (χ4v) is 1.96. The Hall–Kier alpha value is -3.27. The van der Waals surface area contributed by atoms with Gasteiger partial charge in [0, 0.05) is 5.69 Å². The smallest absolute Gasteiger partial charge is 0.238 e. The predicted octanol–water partition coefficient (Wildman–Crippen LogP) is 2.41. The lowest BCUT2D eigenvalue weighted by Gasteiger charge is -2.00. The highest BCUT2D eigenvalue weighted by molar-refractivity contribution is 5.93. The van der Waals surface area contributed by atoms with Crippen molar-refractivity contribution in [1.82, 2.24) is 15.0 Å². The molecule has 1 heterocycles. The first-order valence-electron chi connectivity index (χ1n) is 6.45. The molecule has 7 heteroatoms. The monoisotopic (exact) mass is 295 g/mol. The van der Waals surface area contributed by atoms with Gasteiger partial charge < -0.3 is 5.32 Å². The third-order valence-corrected chi connectivity index (χ3v) is 2.96. The summed E-state index contributed by atoms with van der Waals surface area (Å²) in [6.07, 6.45) is -0.208. The molecule has 0 fully saturated rings. The highest BCUT2D eigenvalue weighted by Gasteiger charge is 2.07. The average Bonchev–Trinajstić information content (AvgIpc) is 2.91. The van der Waals surface area contributed by atoms with Crippen molar-refractivity contribution in [3.8, 4) is 11.8 Å². The zero-order valence-corrected chi connectivity index (χ0v) is 11.3. The SMILES string of the molecule is N#CCC(=O)Nc1ccc2nn(-c3ccc(F)cc3)nc2c1. The lowest BCUT2D eigenvalue weighted by molar-refractivity contribution is -0.115. The summed E-state index contributed by atoms with van der Waals surface area (Å²) in [6, 6.07) is 12.6. The molecule has 0 saturated carbocycles. The maximum absolute atomic E-state index is 12.9. The molecule has 1 amide bonds. The van der Waals surface area contributed by atoms with Crippen LogP contribution >= 0.6 is 0 Å². The number of benzene rings is 2. The Balaban J connectivity index is 1.92. The molecule has 0 aliphatic heterocycles. The molecule has 3 rings (SSSR count). The minimum atomic E-state index is -0.382. The quantitative estimate of drug-likeness (QED) is 0.804. The number of nitriles is 1. The van der Waals surface area contributed by atoms with Crippen LogP contribution in [0.5, 0.6) is 0 Å². The minimum Gasteiger partial charge on any atom is -0.325 e. The number of fused-ring (bicyclic) bond motifs is 1. The van der Waals surface area contributed by atoms with Crippen molar-refractivity contribution in [2.75, 3.05) is 5.32 Å². The van der Waals surface area contributed by atoms with Crippen molar-refractivity contribution in [3.05, 3.63) is 48.3 Å². The van der Waals surface area contributed by atoms with Crippen LogP contribution in [0, 0.1) is 17.1 Å². The van der Waals surface area contributed by atoms with Gasteiger partial charge in [-0.2, -0.15) is 10.1 Å². The van der Waals surface area contributed by atoms with E-state index in [9.17, 15) is 9.18 Å². The molecule has 0 unspecified atom stereocenters. The van der Waals surface area contributed by atoms with E-state index in [-0.39, 0.29) is 18.1 Å². The summed E-state index contributed by atoms with van der Waals surface area (Å²) in [7, 11) is 0. The summed E-state index contributed by atoms with van der Waals surface area (Å²) >= 11 is 0. The van der Waals surface area contributed by atoms with Gasteiger partial charge in [-0.1, -0.05) is 0 Å². The maximum Gasteiger partial charge on any atom is 0.238 e. The van der Waals surface area contributed by atoms with E-state index in [1.165, 1.54) is 16.9 Å². The van der Waals surface area contributed by atoms with Gasteiger partial charge in [0.15, 0.2) is 0 Å². The number of rotatable bonds is 3. The number of aromatic nitrogens is 3. The molecule has 1 N–H and O–H groups in total. The van der Waals surface area contributed by atoms with E-state index in [1.54, 1.807) is 36.4 Å². The van der Waals surface area contributed by atoms with E-state index in [0.717, 1.165) is 0 Å². The van der Waals surface area contributed by atoms with Crippen LogP contribution in [0.1, 0.15) is 6.42 Å². The number of hydrogen-bond acceptors (Lipinski definition) is 4. The van der Waals surface area contributed by atoms with Gasteiger partial charge in [-0.25, -0.2) is 4.39 Å². The Morgan fingerprint density at radius 3 is 2.64 bits per heavy atom. The van der Waals surface area contributed by atoms with Crippen molar-refractivity contribution in [1.29, 1.82) is 5.26 Å². The Morgan fingerprint density at radius 1 is 1.18 bits per heavy atom. The molecule has 6 nitrogen and oxygen atoms in total. The van der Waals surface area contributed by atoms with Crippen molar-refractivity contribution >= 4 is 22.6 Å². The van der Waals surface area contributed by atoms with Gasteiger partial charge in [-0.15, -0.1) is 10.2 Å². The average molecular weight is 295 g/mol. The number of nitrogens with one attached hydrogen (secondary N) is 1. The molecule has 0 spiro atoms. The lowest BCUT2D eigenvalue weighted by atomic mass is 10.2. The van der Waals surface area contributed by atoms with Gasteiger partial charge in [0.1, 0.15) is 23.3 Å². The molecule has 0 atom stereocenters. The summed E-state index contributed by atoms with van der Waals surface area (Å²) in [5, 5.41) is 19.7. The number of amides is 1. The zero-order chi connectivity index (χ0) is 15.5. The van der Waals surface area contributed by atoms with Crippen molar-refractivity contribution < 1.29 is 9.18 Å². The number of halogens is 1. The van der Waals surface area contributed by atoms with Gasteiger partial charge in [0.2, 0.25) is 5.91 Å². The first-order valence-corrected chi connectivity index (χ1v) is 6.45. The molecular formula is C15H10FN5O. The van der Waals surface area contributed by atoms with E-state index >= 15 is 0 Å². The topological polar surface area (TPSA) is 83.6 Å². The second-order valence-electron chi connectivity index (χ2n) is 4.55. The van der Waals surface area contributed by atoms with Gasteiger partial charge in [0.05, 0.1) is 11.8 Å². The van der Waals surface area contributed by atoms with Crippen LogP contribution in [-0.4, -0.2) is 20.9 Å². The van der Waals surface area contributed by atoms with Crippen molar-refractivity contribution in [2.45, 2.75) is 6.42 Å². The number of nitrogens with zero attached hydrogens (tertiary/aromatic N) is 4. The Bertz CT molecular complexity index is 879. The van der Waals surface area contributed by atoms with Crippen LogP contribution in [0.15, 0.2) is 42.5 Å². The van der Waals surface area contributed by atoms with Gasteiger partial charge in [0.25, 0.3) is 0 Å². The molecule has 0 saturated heterocycles. The third-order valence-electron chi connectivity index (χ3n) is 2.96. The zero-order valence-electron chi connectivity index (χ0n) is 11.3. The Morgan fingerprint density at radius 2 is 1.91 bits per heavy atom. The molecule has 2 aromatic carbocycles. The van der Waals surface area contributed by atoms with Crippen LogP contribution in [0.25, 0.3) is 16.7 Å². The minimum absolute atomic E-state index is 0.208. The fourth-order valence-electron chi connectivity index (χ4n) is 1.96. The van der Waals surface area contributed by atoms with Crippen LogP contribution in [0.3, 0.4) is 0 Å². The molecule has 108 valence electrons. The molecular weight excluding hydrogens is 285 g/mol. The van der Waals surface area contributed by atoms with Crippen LogP contribution in [-0.2, 0) is 4.79 Å². The fraction of sp³-hybridized carbons (Fsp3) is 0.0667. The summed E-state index contributed by atoms with van der Waals surface area (Å²) in [6.45, 7) is 0. The lowest BCUT2D eigenvalue weighted by Crippen LogP contribution is -2.09. The largest absolute Gasteiger partial charge is 0.325 e. The maximum atomic E-state index is 12.9. The molecule has 0 aliphatic carbocycles. The number of anilines is 1. The summed E-state index contributed by atoms with van der Waals surface area (Å²) in [5.41, 5.74) is 2.40. The van der Waals surface area contributed by atoms with E-state index in [1.807, 2.05) is 0 Å².